The van der Waals surface area contributed by atoms with E-state index in [4.69, 9.17) is 4.74 Å². The molecule has 0 aliphatic heterocycles. The second kappa shape index (κ2) is 10.7. The quantitative estimate of drug-likeness (QED) is 0.359. The van der Waals surface area contributed by atoms with Crippen molar-refractivity contribution in [2.75, 3.05) is 40.0 Å². The van der Waals surface area contributed by atoms with Gasteiger partial charge in [0.05, 0.1) is 31.4 Å². The average molecular weight is 533 g/mol. The molecule has 0 spiro atoms. The second-order valence-electron chi connectivity index (χ2n) is 12.3. The van der Waals surface area contributed by atoms with Crippen LogP contribution in [0.15, 0.2) is 42.5 Å². The van der Waals surface area contributed by atoms with Crippen molar-refractivity contribution in [3.8, 4) is 11.3 Å². The van der Waals surface area contributed by atoms with Gasteiger partial charge in [0.15, 0.2) is 0 Å². The van der Waals surface area contributed by atoms with E-state index in [-0.39, 0.29) is 30.5 Å². The van der Waals surface area contributed by atoms with Crippen LogP contribution in [0.3, 0.4) is 0 Å². The molecule has 0 saturated heterocycles. The summed E-state index contributed by atoms with van der Waals surface area (Å²) in [6.45, 7) is 11.6. The Labute approximate surface area is 232 Å². The molecule has 3 atom stereocenters. The van der Waals surface area contributed by atoms with Crippen LogP contribution < -0.4 is 0 Å². The fourth-order valence-corrected chi connectivity index (χ4v) is 7.81. The fourth-order valence-electron chi connectivity index (χ4n) is 7.81. The first kappa shape index (κ1) is 27.9. The number of esters is 1. The maximum atomic E-state index is 13.6. The molecule has 5 rings (SSSR count). The number of aromatic nitrogens is 1. The van der Waals surface area contributed by atoms with Crippen molar-refractivity contribution in [3.63, 3.8) is 0 Å². The fraction of sp³-hybridized carbons (Fsp3) is 0.545. The molecule has 210 valence electrons. The molecule has 39 heavy (non-hydrogen) atoms. The smallest absolute Gasteiger partial charge is 0.312 e. The number of fused-ring (bicyclic) bond motifs is 8. The third-order valence-corrected chi connectivity index (χ3v) is 9.67. The van der Waals surface area contributed by atoms with Gasteiger partial charge >= 0.3 is 5.97 Å². The first-order valence-electron chi connectivity index (χ1n) is 14.5. The molecule has 6 heteroatoms. The number of carbonyl (C=O) groups excluding carboxylic acids is 1. The lowest BCUT2D eigenvalue weighted by atomic mass is 9.49. The van der Waals surface area contributed by atoms with E-state index in [9.17, 15) is 15.0 Å². The molecular weight excluding hydrogens is 488 g/mol. The topological polar surface area (TPSA) is 74.9 Å². The zero-order chi connectivity index (χ0) is 27.9. The number of hydrogen-bond donors (Lipinski definition) is 2. The molecule has 0 amide bonds. The third kappa shape index (κ3) is 4.41. The Bertz CT molecular complexity index is 1360. The number of ether oxygens (including phenoxy) is 1. The number of benzene rings is 2. The highest BCUT2D eigenvalue weighted by atomic mass is 16.5. The van der Waals surface area contributed by atoms with Crippen LogP contribution in [0.25, 0.3) is 22.2 Å². The maximum absolute atomic E-state index is 13.6. The number of methoxy groups -OCH3 is 1. The molecule has 6 nitrogen and oxygen atoms in total. The van der Waals surface area contributed by atoms with Crippen molar-refractivity contribution in [1.82, 2.24) is 9.47 Å². The van der Waals surface area contributed by atoms with Crippen molar-refractivity contribution in [2.45, 2.75) is 70.8 Å². The van der Waals surface area contributed by atoms with E-state index < -0.39 is 5.41 Å². The van der Waals surface area contributed by atoms with E-state index in [2.05, 4.69) is 79.6 Å². The van der Waals surface area contributed by atoms with Crippen LogP contribution in [-0.4, -0.2) is 65.6 Å². The lowest BCUT2D eigenvalue weighted by molar-refractivity contribution is -0.157. The van der Waals surface area contributed by atoms with Crippen LogP contribution >= 0.6 is 0 Å². The molecule has 2 aliphatic carbocycles. The molecule has 2 N–H and O–H groups in total. The van der Waals surface area contributed by atoms with Gasteiger partial charge in [-0.2, -0.15) is 0 Å². The van der Waals surface area contributed by atoms with Gasteiger partial charge in [0.2, 0.25) is 0 Å². The molecule has 0 bridgehead atoms. The zero-order valence-electron chi connectivity index (χ0n) is 24.2. The summed E-state index contributed by atoms with van der Waals surface area (Å²) >= 11 is 0. The number of para-hydroxylation sites is 1. The van der Waals surface area contributed by atoms with Gasteiger partial charge in [-0.1, -0.05) is 57.5 Å². The summed E-state index contributed by atoms with van der Waals surface area (Å²) in [5.41, 5.74) is 6.71. The molecule has 1 saturated carbocycles. The van der Waals surface area contributed by atoms with E-state index >= 15 is 0 Å². The van der Waals surface area contributed by atoms with Gasteiger partial charge < -0.3 is 19.5 Å². The SMILES string of the molecule is COC(=O)[C@]1(C)CCC[C@]2(C)c3ccc(C(C)C)cc3-c3c(c4ccccc4n3CCN(CCO)CCO)[C@@H]12. The molecule has 1 heterocycles. The molecule has 3 aromatic rings. The van der Waals surface area contributed by atoms with Crippen molar-refractivity contribution in [1.29, 1.82) is 0 Å². The summed E-state index contributed by atoms with van der Waals surface area (Å²) in [5, 5.41) is 20.4. The summed E-state index contributed by atoms with van der Waals surface area (Å²) in [4.78, 5) is 15.7. The van der Waals surface area contributed by atoms with Gasteiger partial charge in [-0.3, -0.25) is 9.69 Å². The number of rotatable bonds is 9. The zero-order valence-corrected chi connectivity index (χ0v) is 24.2. The summed E-state index contributed by atoms with van der Waals surface area (Å²) < 4.78 is 7.92. The van der Waals surface area contributed by atoms with E-state index in [1.54, 1.807) is 0 Å². The summed E-state index contributed by atoms with van der Waals surface area (Å²) in [6.07, 6.45) is 2.81. The Kier molecular flexibility index (Phi) is 7.66. The largest absolute Gasteiger partial charge is 0.469 e. The number of hydrogen-bond acceptors (Lipinski definition) is 5. The van der Waals surface area contributed by atoms with Crippen LogP contribution in [0.4, 0.5) is 0 Å². The molecule has 1 aromatic heterocycles. The molecular formula is C33H44N2O4. The molecule has 2 aromatic carbocycles. The highest BCUT2D eigenvalue weighted by molar-refractivity contribution is 5.96. The van der Waals surface area contributed by atoms with Crippen LogP contribution in [0.2, 0.25) is 0 Å². The van der Waals surface area contributed by atoms with Crippen molar-refractivity contribution in [3.05, 3.63) is 59.2 Å². The first-order valence-corrected chi connectivity index (χ1v) is 14.5. The van der Waals surface area contributed by atoms with Gasteiger partial charge in [-0.15, -0.1) is 0 Å². The lowest BCUT2D eigenvalue weighted by Crippen LogP contribution is -2.50. The highest BCUT2D eigenvalue weighted by Crippen LogP contribution is 2.65. The van der Waals surface area contributed by atoms with Crippen LogP contribution in [0, 0.1) is 5.41 Å². The van der Waals surface area contributed by atoms with E-state index in [0.717, 1.165) is 25.8 Å². The number of aliphatic hydroxyl groups excluding tert-OH is 2. The van der Waals surface area contributed by atoms with Crippen molar-refractivity contribution >= 4 is 16.9 Å². The minimum Gasteiger partial charge on any atom is -0.469 e. The van der Waals surface area contributed by atoms with Crippen molar-refractivity contribution < 1.29 is 19.7 Å². The van der Waals surface area contributed by atoms with Gasteiger partial charge in [-0.05, 0) is 54.5 Å². The van der Waals surface area contributed by atoms with Gasteiger partial charge in [0.1, 0.15) is 0 Å². The van der Waals surface area contributed by atoms with Crippen LogP contribution in [0.1, 0.15) is 75.5 Å². The van der Waals surface area contributed by atoms with Crippen LogP contribution in [0.5, 0.6) is 0 Å². The highest BCUT2D eigenvalue weighted by Gasteiger charge is 2.58. The summed E-state index contributed by atoms with van der Waals surface area (Å²) in [7, 11) is 1.52. The Morgan fingerprint density at radius 2 is 1.79 bits per heavy atom. The molecule has 0 radical (unpaired) electrons. The predicted molar refractivity (Wildman–Crippen MR) is 156 cm³/mol. The monoisotopic (exact) mass is 532 g/mol. The molecule has 0 unspecified atom stereocenters. The van der Waals surface area contributed by atoms with Gasteiger partial charge in [0.25, 0.3) is 0 Å². The third-order valence-electron chi connectivity index (χ3n) is 9.67. The minimum atomic E-state index is -0.639. The first-order chi connectivity index (χ1) is 18.7. The van der Waals surface area contributed by atoms with Gasteiger partial charge in [-0.25, -0.2) is 0 Å². The number of carbonyl (C=O) groups is 1. The normalized spacial score (nSPS) is 24.1. The lowest BCUT2D eigenvalue weighted by Gasteiger charge is -2.54. The number of nitrogens with zero attached hydrogens (tertiary/aromatic N) is 2. The predicted octanol–water partition coefficient (Wildman–Crippen LogP) is 5.44. The van der Waals surface area contributed by atoms with E-state index in [1.165, 1.54) is 46.0 Å². The minimum absolute atomic E-state index is 0.0178. The van der Waals surface area contributed by atoms with Crippen LogP contribution in [-0.2, 0) is 21.5 Å². The Morgan fingerprint density at radius 1 is 1.08 bits per heavy atom. The summed E-state index contributed by atoms with van der Waals surface area (Å²) in [5.74, 6) is 0.259. The Morgan fingerprint density at radius 3 is 2.46 bits per heavy atom. The van der Waals surface area contributed by atoms with E-state index in [1.807, 2.05) is 0 Å². The number of aliphatic hydroxyl groups is 2. The standard InChI is InChI=1S/C33H44N2O4/c1-22(2)23-11-12-26-25(21-23)29-28(30-32(26,3)13-8-14-33(30,4)31(38)39-5)24-9-6-7-10-27(24)35(29)16-15-34(17-19-36)18-20-37/h6-7,9-12,21-22,30,36-37H,8,13-20H2,1-5H3/t30-,32-,33-/m1/s1. The Balaban J connectivity index is 1.81. The maximum Gasteiger partial charge on any atom is 0.312 e. The van der Waals surface area contributed by atoms with Gasteiger partial charge in [0, 0.05) is 54.0 Å². The second-order valence-corrected chi connectivity index (χ2v) is 12.3. The molecule has 1 fully saturated rings. The Hall–Kier alpha value is -2.67. The summed E-state index contributed by atoms with van der Waals surface area (Å²) in [6, 6.07) is 15.6. The molecule has 2 aliphatic rings. The van der Waals surface area contributed by atoms with Crippen molar-refractivity contribution in [2.24, 2.45) is 5.41 Å². The van der Waals surface area contributed by atoms with E-state index in [0.29, 0.717) is 25.6 Å². The average Bonchev–Trinajstić information content (AvgIpc) is 3.25.